The van der Waals surface area contributed by atoms with Crippen molar-refractivity contribution >= 4 is 51.3 Å². The van der Waals surface area contributed by atoms with E-state index in [9.17, 15) is 4.79 Å². The molecule has 2 heterocycles. The molecule has 4 nitrogen and oxygen atoms in total. The molecule has 1 amide bonds. The maximum atomic E-state index is 13.5. The highest BCUT2D eigenvalue weighted by molar-refractivity contribution is 9.10. The molecule has 0 spiro atoms. The van der Waals surface area contributed by atoms with Crippen molar-refractivity contribution in [2.45, 2.75) is 24.8 Å². The first-order valence-corrected chi connectivity index (χ1v) is 13.3. The number of carbonyl (C=O) groups is 1. The molecule has 5 rings (SSSR count). The van der Waals surface area contributed by atoms with Crippen LogP contribution in [0.5, 0.6) is 0 Å². The molecule has 6 heteroatoms. The molecular formula is C29H29BrClN3O. The van der Waals surface area contributed by atoms with E-state index >= 15 is 0 Å². The van der Waals surface area contributed by atoms with Crippen LogP contribution in [-0.2, 0) is 0 Å². The highest BCUT2D eigenvalue weighted by Crippen LogP contribution is 2.33. The average Bonchev–Trinajstić information content (AvgIpc) is 2.88. The number of piperazine rings is 1. The maximum Gasteiger partial charge on any atom is 0.255 e. The summed E-state index contributed by atoms with van der Waals surface area (Å²) in [6.45, 7) is 3.49. The lowest BCUT2D eigenvalue weighted by Crippen LogP contribution is -2.57. The van der Waals surface area contributed by atoms with E-state index in [1.54, 1.807) is 0 Å². The van der Waals surface area contributed by atoms with Gasteiger partial charge in [-0.15, -0.1) is 0 Å². The number of piperidine rings is 1. The van der Waals surface area contributed by atoms with Crippen molar-refractivity contribution < 1.29 is 4.79 Å². The van der Waals surface area contributed by atoms with Gasteiger partial charge in [-0.25, -0.2) is 0 Å². The van der Waals surface area contributed by atoms with E-state index in [-0.39, 0.29) is 5.91 Å². The van der Waals surface area contributed by atoms with Crippen LogP contribution in [-0.4, -0.2) is 47.9 Å². The molecule has 2 N–H and O–H groups in total. The molecule has 0 saturated carbocycles. The fourth-order valence-corrected chi connectivity index (χ4v) is 5.87. The van der Waals surface area contributed by atoms with Crippen LogP contribution in [0.4, 0.5) is 5.69 Å². The second kappa shape index (κ2) is 10.6. The predicted octanol–water partition coefficient (Wildman–Crippen LogP) is 6.56. The molecule has 2 aliphatic heterocycles. The van der Waals surface area contributed by atoms with Crippen LogP contribution in [0.1, 0.15) is 45.8 Å². The Bertz CT molecular complexity index is 1230. The fraction of sp³-hybridized carbons (Fsp3) is 0.276. The lowest BCUT2D eigenvalue weighted by Gasteiger charge is -2.46. The largest absolute Gasteiger partial charge is 0.399 e. The van der Waals surface area contributed by atoms with Gasteiger partial charge in [-0.3, -0.25) is 9.69 Å². The molecule has 2 atom stereocenters. The number of hydrogen-bond acceptors (Lipinski definition) is 3. The summed E-state index contributed by atoms with van der Waals surface area (Å²) in [6.07, 6.45) is 6.30. The molecular weight excluding hydrogens is 522 g/mol. The molecule has 3 aromatic rings. The van der Waals surface area contributed by atoms with Crippen molar-refractivity contribution in [3.05, 3.63) is 98.5 Å². The molecule has 35 heavy (non-hydrogen) atoms. The van der Waals surface area contributed by atoms with Crippen LogP contribution in [0, 0.1) is 0 Å². The number of nitrogen functional groups attached to an aromatic ring is 1. The van der Waals surface area contributed by atoms with Gasteiger partial charge in [-0.05, 0) is 81.7 Å². The van der Waals surface area contributed by atoms with Gasteiger partial charge in [-0.2, -0.15) is 0 Å². The Morgan fingerprint density at radius 1 is 0.943 bits per heavy atom. The first-order chi connectivity index (χ1) is 17.0. The van der Waals surface area contributed by atoms with Gasteiger partial charge in [-0.1, -0.05) is 60.2 Å². The molecule has 0 aromatic heterocycles. The number of anilines is 1. The van der Waals surface area contributed by atoms with E-state index in [0.29, 0.717) is 17.5 Å². The third-order valence-electron chi connectivity index (χ3n) is 7.19. The third-order valence-corrected chi connectivity index (χ3v) is 8.32. The molecule has 0 aliphatic carbocycles. The van der Waals surface area contributed by atoms with Gasteiger partial charge in [0.2, 0.25) is 0 Å². The highest BCUT2D eigenvalue weighted by Gasteiger charge is 2.35. The van der Waals surface area contributed by atoms with E-state index in [1.165, 1.54) is 5.56 Å². The van der Waals surface area contributed by atoms with Crippen LogP contribution in [0.3, 0.4) is 0 Å². The first kappa shape index (κ1) is 24.1. The Balaban J connectivity index is 1.25. The molecule has 2 fully saturated rings. The summed E-state index contributed by atoms with van der Waals surface area (Å²) in [4.78, 5) is 18.1. The van der Waals surface area contributed by atoms with E-state index in [4.69, 9.17) is 17.3 Å². The zero-order valence-corrected chi connectivity index (χ0v) is 21.9. The minimum atomic E-state index is 0.0964. The van der Waals surface area contributed by atoms with Crippen molar-refractivity contribution in [2.75, 3.05) is 31.9 Å². The van der Waals surface area contributed by atoms with Crippen LogP contribution in [0.25, 0.3) is 12.2 Å². The van der Waals surface area contributed by atoms with Crippen molar-refractivity contribution in [1.82, 2.24) is 9.80 Å². The number of benzene rings is 3. The summed E-state index contributed by atoms with van der Waals surface area (Å²) < 4.78 is 0.838. The number of rotatable bonds is 4. The minimum Gasteiger partial charge on any atom is -0.399 e. The normalized spacial score (nSPS) is 20.7. The Labute approximate surface area is 220 Å². The van der Waals surface area contributed by atoms with Crippen LogP contribution in [0.2, 0.25) is 5.02 Å². The van der Waals surface area contributed by atoms with Gasteiger partial charge in [0.25, 0.3) is 5.91 Å². The zero-order chi connectivity index (χ0) is 24.4. The number of hydrogen-bond donors (Lipinski definition) is 1. The summed E-state index contributed by atoms with van der Waals surface area (Å²) in [5.41, 5.74) is 10.6. The molecule has 180 valence electrons. The highest BCUT2D eigenvalue weighted by atomic mass is 79.9. The van der Waals surface area contributed by atoms with Crippen LogP contribution >= 0.6 is 27.5 Å². The Morgan fingerprint density at radius 3 is 2.49 bits per heavy atom. The summed E-state index contributed by atoms with van der Waals surface area (Å²) >= 11 is 9.77. The van der Waals surface area contributed by atoms with Gasteiger partial charge < -0.3 is 10.6 Å². The van der Waals surface area contributed by atoms with E-state index in [1.807, 2.05) is 71.6 Å². The molecule has 2 saturated heterocycles. The second-order valence-electron chi connectivity index (χ2n) is 9.43. The number of halogens is 2. The number of carbonyl (C=O) groups excluding carboxylic acids is 1. The molecule has 0 bridgehead atoms. The standard InChI is InChI=1S/C29H29BrClN3O/c30-28-22(7-4-20-5-13-25(32)14-6-20)2-1-3-27(28)29(35)34-17-16-33-18-23(10-15-26(33)19-34)21-8-11-24(31)12-9-21/h1-9,11-14,23,26H,10,15-19,32H2/b7-4+/t23-,26+/m0/s1. The van der Waals surface area contributed by atoms with Crippen molar-refractivity contribution in [2.24, 2.45) is 0 Å². The zero-order valence-electron chi connectivity index (χ0n) is 19.5. The number of amides is 1. The van der Waals surface area contributed by atoms with Gasteiger partial charge in [0, 0.05) is 47.4 Å². The molecule has 0 radical (unpaired) electrons. The topological polar surface area (TPSA) is 49.6 Å². The fourth-order valence-electron chi connectivity index (χ4n) is 5.17. The Morgan fingerprint density at radius 2 is 1.71 bits per heavy atom. The number of nitrogens with zero attached hydrogens (tertiary/aromatic N) is 2. The molecule has 2 aliphatic rings. The van der Waals surface area contributed by atoms with Crippen LogP contribution < -0.4 is 5.73 Å². The van der Waals surface area contributed by atoms with Gasteiger partial charge in [0.05, 0.1) is 5.56 Å². The number of nitrogens with two attached hydrogens (primary N) is 1. The smallest absolute Gasteiger partial charge is 0.255 e. The van der Waals surface area contributed by atoms with E-state index < -0.39 is 0 Å². The molecule has 0 unspecified atom stereocenters. The lowest BCUT2D eigenvalue weighted by molar-refractivity contribution is 0.0328. The average molecular weight is 551 g/mol. The Kier molecular flexibility index (Phi) is 7.28. The van der Waals surface area contributed by atoms with Crippen molar-refractivity contribution in [1.29, 1.82) is 0 Å². The monoisotopic (exact) mass is 549 g/mol. The lowest BCUT2D eigenvalue weighted by atomic mass is 9.86. The van der Waals surface area contributed by atoms with Crippen LogP contribution in [0.15, 0.2) is 71.2 Å². The Hall–Kier alpha value is -2.60. The number of fused-ring (bicyclic) bond motifs is 1. The third kappa shape index (κ3) is 5.48. The molecule has 3 aromatic carbocycles. The first-order valence-electron chi connectivity index (χ1n) is 12.1. The maximum absolute atomic E-state index is 13.5. The summed E-state index contributed by atoms with van der Waals surface area (Å²) in [5.74, 6) is 0.628. The predicted molar refractivity (Wildman–Crippen MR) is 149 cm³/mol. The second-order valence-corrected chi connectivity index (χ2v) is 10.7. The van der Waals surface area contributed by atoms with E-state index in [2.05, 4.69) is 33.0 Å². The summed E-state index contributed by atoms with van der Waals surface area (Å²) in [7, 11) is 0. The van der Waals surface area contributed by atoms with Crippen molar-refractivity contribution in [3.8, 4) is 0 Å². The summed E-state index contributed by atoms with van der Waals surface area (Å²) in [6, 6.07) is 22.3. The van der Waals surface area contributed by atoms with Gasteiger partial charge >= 0.3 is 0 Å². The SMILES string of the molecule is Nc1ccc(/C=C/c2cccc(C(=O)N3CCN4C[C@@H](c5ccc(Cl)cc5)CC[C@@H]4C3)c2Br)cc1. The van der Waals surface area contributed by atoms with Crippen molar-refractivity contribution in [3.63, 3.8) is 0 Å². The summed E-state index contributed by atoms with van der Waals surface area (Å²) in [5, 5.41) is 0.783. The van der Waals surface area contributed by atoms with Gasteiger partial charge in [0.1, 0.15) is 0 Å². The van der Waals surface area contributed by atoms with E-state index in [0.717, 1.165) is 65.3 Å². The minimum absolute atomic E-state index is 0.0964. The quantitative estimate of drug-likeness (QED) is 0.296. The van der Waals surface area contributed by atoms with Gasteiger partial charge in [0.15, 0.2) is 0 Å².